The number of carbonyl (C=O) groups excluding carboxylic acids is 2. The number of hydrogen-bond donors (Lipinski definition) is 3. The highest BCUT2D eigenvalue weighted by atomic mass is 32.2. The third-order valence-electron chi connectivity index (χ3n) is 1.52. The van der Waals surface area contributed by atoms with E-state index >= 15 is 0 Å². The van der Waals surface area contributed by atoms with Gasteiger partial charge in [0.1, 0.15) is 6.10 Å². The van der Waals surface area contributed by atoms with Crippen LogP contribution in [0.1, 0.15) is 0 Å². The third kappa shape index (κ3) is 3.66. The molecule has 11 heteroatoms. The summed E-state index contributed by atoms with van der Waals surface area (Å²) in [5.74, 6) is -2.72. The molecule has 0 aromatic heterocycles. The van der Waals surface area contributed by atoms with Gasteiger partial charge in [-0.25, -0.2) is 4.79 Å². The monoisotopic (exact) mass is 278 g/mol. The largest absolute Gasteiger partial charge is 0.465 e. The van der Waals surface area contributed by atoms with Crippen LogP contribution in [0.5, 0.6) is 0 Å². The highest BCUT2D eigenvalue weighted by molar-refractivity contribution is 7.87. The van der Waals surface area contributed by atoms with E-state index in [-0.39, 0.29) is 6.29 Å². The van der Waals surface area contributed by atoms with Gasteiger partial charge in [0.15, 0.2) is 12.4 Å². The lowest BCUT2D eigenvalue weighted by Crippen LogP contribution is -2.44. The number of rotatable bonds is 6. The van der Waals surface area contributed by atoms with Crippen molar-refractivity contribution < 1.29 is 46.3 Å². The van der Waals surface area contributed by atoms with Crippen molar-refractivity contribution in [2.75, 3.05) is 6.61 Å². The normalized spacial score (nSPS) is 16.1. The first kappa shape index (κ1) is 15.8. The summed E-state index contributed by atoms with van der Waals surface area (Å²) in [5, 5.41) is 12.0. The van der Waals surface area contributed by atoms with E-state index in [1.807, 2.05) is 0 Å². The lowest BCUT2D eigenvalue weighted by atomic mass is 10.2. The zero-order valence-electron chi connectivity index (χ0n) is 7.99. The van der Waals surface area contributed by atoms with Crippen LogP contribution < -0.4 is 0 Å². The molecule has 0 radical (unpaired) electrons. The molecule has 0 spiro atoms. The molecule has 0 bridgehead atoms. The molecule has 0 amide bonds. The first-order chi connectivity index (χ1) is 7.57. The van der Waals surface area contributed by atoms with Crippen LogP contribution in [0.4, 0.5) is 8.78 Å². The standard InChI is InChI=1S/C6H8F2O8S/c7-6(8,17(13,14)15)5(12)16-4(2-10)3(11)1-9/h1,3-4,10-11H,2H2,(H,13,14,15). The van der Waals surface area contributed by atoms with Gasteiger partial charge in [0, 0.05) is 0 Å². The van der Waals surface area contributed by atoms with E-state index in [1.165, 1.54) is 0 Å². The summed E-state index contributed by atoms with van der Waals surface area (Å²) < 4.78 is 57.2. The average molecular weight is 278 g/mol. The van der Waals surface area contributed by atoms with Crippen LogP contribution in [0.15, 0.2) is 0 Å². The fourth-order valence-electron chi connectivity index (χ4n) is 0.614. The third-order valence-corrected chi connectivity index (χ3v) is 2.33. The predicted octanol–water partition coefficient (Wildman–Crippen LogP) is -2.07. The molecule has 0 aromatic carbocycles. The highest BCUT2D eigenvalue weighted by Crippen LogP contribution is 2.23. The lowest BCUT2D eigenvalue weighted by molar-refractivity contribution is -0.175. The summed E-state index contributed by atoms with van der Waals surface area (Å²) in [7, 11) is -6.05. The summed E-state index contributed by atoms with van der Waals surface area (Å²) in [4.78, 5) is 20.7. The number of aliphatic hydroxyl groups is 2. The number of aldehydes is 1. The summed E-state index contributed by atoms with van der Waals surface area (Å²) in [6, 6.07) is 0. The zero-order valence-corrected chi connectivity index (χ0v) is 8.80. The maximum absolute atomic E-state index is 12.6. The van der Waals surface area contributed by atoms with Gasteiger partial charge in [0.05, 0.1) is 6.61 Å². The Morgan fingerprint density at radius 2 is 1.94 bits per heavy atom. The molecule has 0 rings (SSSR count). The van der Waals surface area contributed by atoms with Crippen molar-refractivity contribution in [2.24, 2.45) is 0 Å². The summed E-state index contributed by atoms with van der Waals surface area (Å²) >= 11 is 0. The van der Waals surface area contributed by atoms with E-state index in [0.29, 0.717) is 0 Å². The van der Waals surface area contributed by atoms with Crippen LogP contribution in [-0.2, 0) is 24.4 Å². The minimum absolute atomic E-state index is 0.222. The molecule has 0 saturated carbocycles. The van der Waals surface area contributed by atoms with Crippen molar-refractivity contribution in [2.45, 2.75) is 17.5 Å². The SMILES string of the molecule is O=CC(O)C(CO)OC(=O)C(F)(F)S(=O)(=O)O. The van der Waals surface area contributed by atoms with Gasteiger partial charge in [-0.1, -0.05) is 0 Å². The number of ether oxygens (including phenoxy) is 1. The van der Waals surface area contributed by atoms with E-state index < -0.39 is 40.2 Å². The van der Waals surface area contributed by atoms with Crippen LogP contribution in [-0.4, -0.2) is 59.5 Å². The number of halogens is 2. The van der Waals surface area contributed by atoms with E-state index in [4.69, 9.17) is 14.8 Å². The van der Waals surface area contributed by atoms with Gasteiger partial charge in [0.2, 0.25) is 0 Å². The molecule has 0 aliphatic heterocycles. The topological polar surface area (TPSA) is 138 Å². The Morgan fingerprint density at radius 1 is 1.47 bits per heavy atom. The smallest absolute Gasteiger partial charge is 0.451 e. The number of alkyl halides is 2. The molecule has 0 aromatic rings. The summed E-state index contributed by atoms with van der Waals surface area (Å²) in [5.41, 5.74) is 0. The Hall–Kier alpha value is -1.17. The number of hydrogen-bond acceptors (Lipinski definition) is 7. The number of carbonyl (C=O) groups is 2. The Morgan fingerprint density at radius 3 is 2.24 bits per heavy atom. The fraction of sp³-hybridized carbons (Fsp3) is 0.667. The predicted molar refractivity (Wildman–Crippen MR) is 45.5 cm³/mol. The van der Waals surface area contributed by atoms with Gasteiger partial charge in [-0.05, 0) is 0 Å². The minimum Gasteiger partial charge on any atom is -0.451 e. The Bertz CT molecular complexity index is 391. The minimum atomic E-state index is -6.05. The molecule has 100 valence electrons. The second-order valence-electron chi connectivity index (χ2n) is 2.74. The molecule has 0 aliphatic rings. The molecular weight excluding hydrogens is 270 g/mol. The van der Waals surface area contributed by atoms with Crippen molar-refractivity contribution in [3.63, 3.8) is 0 Å². The first-order valence-corrected chi connectivity index (χ1v) is 5.32. The molecule has 17 heavy (non-hydrogen) atoms. The molecule has 3 N–H and O–H groups in total. The Kier molecular flexibility index (Phi) is 5.07. The number of aliphatic hydroxyl groups excluding tert-OH is 2. The first-order valence-electron chi connectivity index (χ1n) is 3.88. The van der Waals surface area contributed by atoms with Crippen LogP contribution in [0.2, 0.25) is 0 Å². The van der Waals surface area contributed by atoms with E-state index in [1.54, 1.807) is 0 Å². The van der Waals surface area contributed by atoms with Crippen molar-refractivity contribution >= 4 is 22.4 Å². The number of esters is 1. The Labute approximate surface area is 93.5 Å². The lowest BCUT2D eigenvalue weighted by Gasteiger charge is -2.19. The summed E-state index contributed by atoms with van der Waals surface area (Å²) in [6.07, 6.45) is -4.39. The van der Waals surface area contributed by atoms with Crippen LogP contribution >= 0.6 is 0 Å². The van der Waals surface area contributed by atoms with Gasteiger partial charge >= 0.3 is 21.3 Å². The second-order valence-corrected chi connectivity index (χ2v) is 4.21. The molecular formula is C6H8F2O8S. The molecule has 0 fully saturated rings. The molecule has 8 nitrogen and oxygen atoms in total. The van der Waals surface area contributed by atoms with Gasteiger partial charge < -0.3 is 19.7 Å². The van der Waals surface area contributed by atoms with Gasteiger partial charge in [-0.15, -0.1) is 0 Å². The fourth-order valence-corrected chi connectivity index (χ4v) is 0.873. The van der Waals surface area contributed by atoms with Crippen molar-refractivity contribution in [1.29, 1.82) is 0 Å². The van der Waals surface area contributed by atoms with Crippen molar-refractivity contribution in [3.8, 4) is 0 Å². The Balaban J connectivity index is 4.92. The second kappa shape index (κ2) is 5.44. The molecule has 0 heterocycles. The molecule has 0 saturated heterocycles. The summed E-state index contributed by atoms with van der Waals surface area (Å²) in [6.45, 7) is -1.20. The average Bonchev–Trinajstić information content (AvgIpc) is 2.22. The van der Waals surface area contributed by atoms with Crippen LogP contribution in [0, 0.1) is 0 Å². The van der Waals surface area contributed by atoms with E-state index in [2.05, 4.69) is 4.74 Å². The quantitative estimate of drug-likeness (QED) is 0.286. The van der Waals surface area contributed by atoms with Crippen LogP contribution in [0.3, 0.4) is 0 Å². The maximum atomic E-state index is 12.6. The zero-order chi connectivity index (χ0) is 13.9. The van der Waals surface area contributed by atoms with Gasteiger partial charge in [0.25, 0.3) is 0 Å². The molecule has 2 atom stereocenters. The van der Waals surface area contributed by atoms with Crippen LogP contribution in [0.25, 0.3) is 0 Å². The van der Waals surface area contributed by atoms with Gasteiger partial charge in [-0.3, -0.25) is 4.55 Å². The molecule has 0 aliphatic carbocycles. The maximum Gasteiger partial charge on any atom is 0.465 e. The van der Waals surface area contributed by atoms with Crippen molar-refractivity contribution in [1.82, 2.24) is 0 Å². The molecule has 2 unspecified atom stereocenters. The van der Waals surface area contributed by atoms with Gasteiger partial charge in [-0.2, -0.15) is 17.2 Å². The highest BCUT2D eigenvalue weighted by Gasteiger charge is 2.55. The van der Waals surface area contributed by atoms with Crippen molar-refractivity contribution in [3.05, 3.63) is 0 Å². The van der Waals surface area contributed by atoms with E-state index in [0.717, 1.165) is 0 Å². The van der Waals surface area contributed by atoms with E-state index in [9.17, 15) is 26.8 Å².